The molecule has 2 atom stereocenters. The van der Waals surface area contributed by atoms with E-state index in [1.54, 1.807) is 7.05 Å². The number of benzene rings is 2. The third kappa shape index (κ3) is 7.39. The molecule has 3 aromatic rings. The number of nitrogens with one attached hydrogen (secondary N) is 1. The predicted molar refractivity (Wildman–Crippen MR) is 175 cm³/mol. The van der Waals surface area contributed by atoms with Gasteiger partial charge in [-0.05, 0) is 93.6 Å². The normalized spacial score (nSPS) is 18.2. The van der Waals surface area contributed by atoms with Crippen LogP contribution in [0.1, 0.15) is 56.0 Å². The van der Waals surface area contributed by atoms with Gasteiger partial charge in [-0.1, -0.05) is 37.1 Å². The lowest BCUT2D eigenvalue weighted by Gasteiger charge is -2.49. The molecule has 1 aromatic heterocycles. The maximum atomic E-state index is 12.5. The van der Waals surface area contributed by atoms with Crippen LogP contribution in [-0.4, -0.2) is 66.4 Å². The van der Waals surface area contributed by atoms with E-state index in [9.17, 15) is 4.79 Å². The number of carbonyl (C=O) groups is 1. The number of hydrogen-bond donors (Lipinski definition) is 1. The van der Waals surface area contributed by atoms with Gasteiger partial charge in [-0.2, -0.15) is 5.26 Å². The molecule has 1 amide bonds. The first kappa shape index (κ1) is 31.9. The lowest BCUT2D eigenvalue weighted by atomic mass is 9.63. The molecule has 2 aliphatic rings. The van der Waals surface area contributed by atoms with Crippen LogP contribution in [0.15, 0.2) is 60.9 Å². The van der Waals surface area contributed by atoms with Crippen molar-refractivity contribution in [2.24, 2.45) is 11.8 Å². The van der Waals surface area contributed by atoms with Gasteiger partial charge in [-0.25, -0.2) is 9.78 Å². The maximum Gasteiger partial charge on any atom is 0.407 e. The molecule has 0 saturated carbocycles. The summed E-state index contributed by atoms with van der Waals surface area (Å²) in [7, 11) is 1.62. The summed E-state index contributed by atoms with van der Waals surface area (Å²) >= 11 is 6.64. The molecule has 3 heterocycles. The van der Waals surface area contributed by atoms with Crippen molar-refractivity contribution in [3.8, 4) is 6.07 Å². The first-order valence-electron chi connectivity index (χ1n) is 15.9. The zero-order valence-corrected chi connectivity index (χ0v) is 27.0. The predicted octanol–water partition coefficient (Wildman–Crippen LogP) is 6.42. The lowest BCUT2D eigenvalue weighted by molar-refractivity contribution is 0.0356. The van der Waals surface area contributed by atoms with E-state index in [1.165, 1.54) is 11.3 Å². The fourth-order valence-electron chi connectivity index (χ4n) is 7.30. The average Bonchev–Trinajstić information content (AvgIpc) is 3.42. The number of carbonyl (C=O) groups excluding carboxylic acids is 1. The number of alkyl carbamates (subject to hydrolysis) is 1. The van der Waals surface area contributed by atoms with E-state index in [1.807, 2.05) is 30.5 Å². The summed E-state index contributed by atoms with van der Waals surface area (Å²) in [6, 6.07) is 18.4. The van der Waals surface area contributed by atoms with Crippen LogP contribution >= 0.6 is 11.6 Å². The van der Waals surface area contributed by atoms with Crippen molar-refractivity contribution in [2.45, 2.75) is 64.0 Å². The van der Waals surface area contributed by atoms with Crippen molar-refractivity contribution >= 4 is 23.4 Å². The van der Waals surface area contributed by atoms with Crippen LogP contribution < -0.4 is 10.2 Å². The Kier molecular flexibility index (Phi) is 10.5. The van der Waals surface area contributed by atoms with Crippen LogP contribution in [0.2, 0.25) is 5.02 Å². The molecular weight excluding hydrogens is 572 g/mol. The van der Waals surface area contributed by atoms with Gasteiger partial charge in [0.2, 0.25) is 0 Å². The highest BCUT2D eigenvalue weighted by Gasteiger charge is 2.45. The third-order valence-corrected chi connectivity index (χ3v) is 9.90. The van der Waals surface area contributed by atoms with Gasteiger partial charge in [0.05, 0.1) is 11.6 Å². The van der Waals surface area contributed by atoms with Crippen LogP contribution in [0.4, 0.5) is 10.5 Å². The number of imidazole rings is 1. The van der Waals surface area contributed by atoms with Crippen LogP contribution in [0.25, 0.3) is 0 Å². The molecule has 0 aliphatic carbocycles. The fourth-order valence-corrected chi connectivity index (χ4v) is 7.49. The number of amides is 1. The van der Waals surface area contributed by atoms with Gasteiger partial charge in [-0.3, -0.25) is 0 Å². The standard InChI is InChI=1S/C35H45ClN6O2/c1-4-6-33(44-34(43)38-3)20-35(25-41-18-15-39-26(41)2,30-7-5-8-31(36)19-30)29-13-16-40(17-14-29)22-28-23-42(24-28)32-11-9-27(21-37)10-12-32/h5,7-12,15,18-19,28-29,33H,4,6,13-14,16-17,20,22-25H2,1-3H3,(H,38,43). The fraction of sp³-hybridized carbons (Fsp3) is 0.514. The third-order valence-electron chi connectivity index (χ3n) is 9.66. The van der Waals surface area contributed by atoms with Crippen molar-refractivity contribution in [3.63, 3.8) is 0 Å². The molecule has 44 heavy (non-hydrogen) atoms. The number of ether oxygens (including phenoxy) is 1. The van der Waals surface area contributed by atoms with Gasteiger partial charge in [0.15, 0.2) is 0 Å². The Morgan fingerprint density at radius 2 is 1.95 bits per heavy atom. The molecule has 0 spiro atoms. The highest BCUT2D eigenvalue weighted by molar-refractivity contribution is 6.30. The van der Waals surface area contributed by atoms with Gasteiger partial charge in [0, 0.05) is 67.7 Å². The number of aryl methyl sites for hydroxylation is 1. The molecule has 0 radical (unpaired) electrons. The molecule has 2 saturated heterocycles. The Morgan fingerprint density at radius 3 is 2.57 bits per heavy atom. The molecule has 2 unspecified atom stereocenters. The van der Waals surface area contributed by atoms with Crippen LogP contribution in [0.3, 0.4) is 0 Å². The second-order valence-corrected chi connectivity index (χ2v) is 13.0. The summed E-state index contributed by atoms with van der Waals surface area (Å²) in [6.07, 6.45) is 7.90. The van der Waals surface area contributed by atoms with Gasteiger partial charge in [0.25, 0.3) is 0 Å². The van der Waals surface area contributed by atoms with E-state index >= 15 is 0 Å². The van der Waals surface area contributed by atoms with Crippen molar-refractivity contribution in [2.75, 3.05) is 44.7 Å². The summed E-state index contributed by atoms with van der Waals surface area (Å²) in [5.74, 6) is 2.00. The molecular formula is C35H45ClN6O2. The molecule has 9 heteroatoms. The van der Waals surface area contributed by atoms with Crippen molar-refractivity contribution in [1.29, 1.82) is 5.26 Å². The van der Waals surface area contributed by atoms with Crippen LogP contribution in [0, 0.1) is 30.1 Å². The summed E-state index contributed by atoms with van der Waals surface area (Å²) in [5, 5.41) is 12.5. The van der Waals surface area contributed by atoms with E-state index in [0.717, 1.165) is 82.2 Å². The minimum absolute atomic E-state index is 0.219. The Hall–Kier alpha value is -3.54. The van der Waals surface area contributed by atoms with Crippen LogP contribution in [-0.2, 0) is 16.7 Å². The second kappa shape index (κ2) is 14.5. The van der Waals surface area contributed by atoms with Crippen molar-refractivity contribution < 1.29 is 9.53 Å². The number of piperidine rings is 1. The number of rotatable bonds is 12. The lowest BCUT2D eigenvalue weighted by Crippen LogP contribution is -2.54. The van der Waals surface area contributed by atoms with Crippen molar-refractivity contribution in [3.05, 3.63) is 82.9 Å². The summed E-state index contributed by atoms with van der Waals surface area (Å²) in [6.45, 7) is 10.2. The molecule has 1 N–H and O–H groups in total. The number of aromatic nitrogens is 2. The molecule has 234 valence electrons. The smallest absolute Gasteiger partial charge is 0.407 e. The Labute approximate surface area is 267 Å². The largest absolute Gasteiger partial charge is 0.446 e. The number of anilines is 1. The van der Waals surface area contributed by atoms with Gasteiger partial charge >= 0.3 is 6.09 Å². The number of nitrogens with zero attached hydrogens (tertiary/aromatic N) is 5. The second-order valence-electron chi connectivity index (χ2n) is 12.5. The molecule has 2 fully saturated rings. The maximum absolute atomic E-state index is 12.5. The summed E-state index contributed by atoms with van der Waals surface area (Å²) < 4.78 is 8.26. The zero-order chi connectivity index (χ0) is 31.1. The first-order chi connectivity index (χ1) is 21.3. The summed E-state index contributed by atoms with van der Waals surface area (Å²) in [4.78, 5) is 22.0. The highest BCUT2D eigenvalue weighted by Crippen LogP contribution is 2.46. The van der Waals surface area contributed by atoms with E-state index < -0.39 is 0 Å². The molecule has 8 nitrogen and oxygen atoms in total. The van der Waals surface area contributed by atoms with Crippen LogP contribution in [0.5, 0.6) is 0 Å². The van der Waals surface area contributed by atoms with Crippen molar-refractivity contribution in [1.82, 2.24) is 19.8 Å². The number of likely N-dealkylation sites (tertiary alicyclic amines) is 1. The zero-order valence-electron chi connectivity index (χ0n) is 26.2. The Balaban J connectivity index is 1.34. The first-order valence-corrected chi connectivity index (χ1v) is 16.3. The van der Waals surface area contributed by atoms with Gasteiger partial charge in [0.1, 0.15) is 11.9 Å². The monoisotopic (exact) mass is 616 g/mol. The number of hydrogen-bond acceptors (Lipinski definition) is 6. The van der Waals surface area contributed by atoms with Gasteiger partial charge < -0.3 is 24.4 Å². The molecule has 2 aliphatic heterocycles. The Morgan fingerprint density at radius 1 is 1.20 bits per heavy atom. The topological polar surface area (TPSA) is 86.4 Å². The minimum atomic E-state index is -0.382. The molecule has 5 rings (SSSR count). The quantitative estimate of drug-likeness (QED) is 0.253. The van der Waals surface area contributed by atoms with Gasteiger partial charge in [-0.15, -0.1) is 0 Å². The summed E-state index contributed by atoms with van der Waals surface area (Å²) in [5.41, 5.74) is 2.81. The van der Waals surface area contributed by atoms with E-state index in [0.29, 0.717) is 17.4 Å². The number of halogens is 1. The SMILES string of the molecule is CCCC(CC(Cn1ccnc1C)(c1cccc(Cl)c1)C1CCN(CC2CN(c3ccc(C#N)cc3)C2)CC1)OC(=O)NC. The molecule has 2 aromatic carbocycles. The average molecular weight is 617 g/mol. The van der Waals surface area contributed by atoms with E-state index in [-0.39, 0.29) is 17.6 Å². The molecule has 0 bridgehead atoms. The highest BCUT2D eigenvalue weighted by atomic mass is 35.5. The van der Waals surface area contributed by atoms with E-state index in [2.05, 4.69) is 75.0 Å². The van der Waals surface area contributed by atoms with E-state index in [4.69, 9.17) is 21.6 Å². The number of nitriles is 1. The minimum Gasteiger partial charge on any atom is -0.446 e. The Bertz CT molecular complexity index is 1420.